The molecule has 77 heavy (non-hydrogen) atoms. The fourth-order valence-electron chi connectivity index (χ4n) is 16.5. The van der Waals surface area contributed by atoms with Crippen LogP contribution >= 0.6 is 0 Å². The maximum absolute atomic E-state index is 12.6. The van der Waals surface area contributed by atoms with Gasteiger partial charge in [-0.25, -0.2) is 4.79 Å². The second-order valence-corrected chi connectivity index (χ2v) is 26.4. The molecule has 4 heterocycles. The summed E-state index contributed by atoms with van der Waals surface area (Å²) in [4.78, 5) is 12.6. The van der Waals surface area contributed by atoms with Crippen molar-refractivity contribution in [2.75, 3.05) is 19.8 Å². The van der Waals surface area contributed by atoms with Gasteiger partial charge in [-0.2, -0.15) is 0 Å². The summed E-state index contributed by atoms with van der Waals surface area (Å²) in [6.07, 6.45) is -25.8. The predicted molar refractivity (Wildman–Crippen MR) is 263 cm³/mol. The van der Waals surface area contributed by atoms with Crippen molar-refractivity contribution >= 4 is 5.97 Å². The summed E-state index contributed by atoms with van der Waals surface area (Å²) in [5.74, 6) is -1.40. The second-order valence-electron chi connectivity index (χ2n) is 26.4. The van der Waals surface area contributed by atoms with Crippen molar-refractivity contribution in [2.24, 2.45) is 50.2 Å². The van der Waals surface area contributed by atoms with E-state index in [0.717, 1.165) is 32.1 Å². The van der Waals surface area contributed by atoms with Crippen LogP contribution in [0.3, 0.4) is 0 Å². The lowest BCUT2D eigenvalue weighted by Crippen LogP contribution is -2.68. The van der Waals surface area contributed by atoms with Gasteiger partial charge in [0.15, 0.2) is 31.3 Å². The molecule has 0 aromatic carbocycles. The number of hydrogen-bond donors (Lipinski definition) is 14. The van der Waals surface area contributed by atoms with Crippen molar-refractivity contribution in [2.45, 2.75) is 248 Å². The van der Waals surface area contributed by atoms with Crippen LogP contribution in [-0.2, 0) is 42.7 Å². The number of hydrogen-bond acceptors (Lipinski definition) is 22. The minimum absolute atomic E-state index is 0.147. The lowest BCUT2D eigenvalue weighted by molar-refractivity contribution is -0.396. The van der Waals surface area contributed by atoms with Gasteiger partial charge in [0.05, 0.1) is 38.1 Å². The zero-order valence-corrected chi connectivity index (χ0v) is 45.4. The SMILES string of the molecule is C[C@@H]1O[C@@H](O[C@H]2[C@H](O[C@H]3[C@H](O[C@H]4CC[C@@]5(C)[C@@H](CC[C@]6(C)[C@@H]5CC=C5[C@@H]7CC(C)(C)[C@@H](O[C@@H]8O[C@H](CO)[C@@H](O)[C@H](O)[C@H]8O)C[C@]7(C)CC[C@]56C)[C@@]4(C)CO)O[C@H](C(=O)O)[C@@H](O)[C@@H]3O)O[C@H](CO)[C@H](O)[C@@H]2O)[C@H](O)[C@H](O)[C@H]1O. The number of carbonyl (C=O) groups is 1. The number of ether oxygens (including phenoxy) is 8. The van der Waals surface area contributed by atoms with E-state index in [-0.39, 0.29) is 52.1 Å². The topological polar surface area (TPSA) is 374 Å². The number of carboxylic acids is 1. The molecule has 9 rings (SSSR count). The van der Waals surface area contributed by atoms with Crippen molar-refractivity contribution in [1.29, 1.82) is 0 Å². The summed E-state index contributed by atoms with van der Waals surface area (Å²) >= 11 is 0. The van der Waals surface area contributed by atoms with Crippen LogP contribution in [-0.4, -0.2) is 232 Å². The summed E-state index contributed by atoms with van der Waals surface area (Å²) < 4.78 is 48.7. The van der Waals surface area contributed by atoms with Crippen LogP contribution in [0.25, 0.3) is 0 Å². The minimum Gasteiger partial charge on any atom is -0.479 e. The Bertz CT molecular complexity index is 2130. The molecule has 0 amide bonds. The third-order valence-electron chi connectivity index (χ3n) is 21.7. The summed E-state index contributed by atoms with van der Waals surface area (Å²) in [6, 6.07) is 0. The van der Waals surface area contributed by atoms with E-state index in [2.05, 4.69) is 47.6 Å². The van der Waals surface area contributed by atoms with Crippen LogP contribution in [0.5, 0.6) is 0 Å². The van der Waals surface area contributed by atoms with E-state index in [1.807, 2.05) is 6.92 Å². The van der Waals surface area contributed by atoms with Gasteiger partial charge < -0.3 is 109 Å². The molecule has 0 unspecified atom stereocenters. The Balaban J connectivity index is 0.959. The van der Waals surface area contributed by atoms with Crippen molar-refractivity contribution in [1.82, 2.24) is 0 Å². The van der Waals surface area contributed by atoms with Gasteiger partial charge in [-0.1, -0.05) is 60.1 Å². The smallest absolute Gasteiger partial charge is 0.335 e. The van der Waals surface area contributed by atoms with E-state index in [1.54, 1.807) is 0 Å². The fourth-order valence-corrected chi connectivity index (χ4v) is 16.5. The zero-order chi connectivity index (χ0) is 56.4. The zero-order valence-electron chi connectivity index (χ0n) is 45.4. The molecule has 442 valence electrons. The first-order chi connectivity index (χ1) is 36.0. The Labute approximate surface area is 449 Å². The van der Waals surface area contributed by atoms with Gasteiger partial charge in [-0.3, -0.25) is 0 Å². The predicted octanol–water partition coefficient (Wildman–Crippen LogP) is -1.47. The molecule has 30 atom stereocenters. The number of allylic oxidation sites excluding steroid dienone is 2. The van der Waals surface area contributed by atoms with E-state index >= 15 is 0 Å². The highest BCUT2D eigenvalue weighted by molar-refractivity contribution is 5.73. The summed E-state index contributed by atoms with van der Waals surface area (Å²) in [5, 5.41) is 151. The van der Waals surface area contributed by atoms with Crippen LogP contribution in [0.15, 0.2) is 11.6 Å². The van der Waals surface area contributed by atoms with Gasteiger partial charge in [0.1, 0.15) is 85.5 Å². The second kappa shape index (κ2) is 21.5. The maximum atomic E-state index is 12.6. The van der Waals surface area contributed by atoms with Crippen molar-refractivity contribution < 1.29 is 114 Å². The highest BCUT2D eigenvalue weighted by Gasteiger charge is 2.70. The van der Waals surface area contributed by atoms with Crippen LogP contribution in [0.2, 0.25) is 0 Å². The molecule has 14 N–H and O–H groups in total. The highest BCUT2D eigenvalue weighted by Crippen LogP contribution is 2.76. The van der Waals surface area contributed by atoms with Gasteiger partial charge in [-0.05, 0) is 110 Å². The monoisotopic (exact) mass is 1100 g/mol. The molecule has 4 saturated heterocycles. The van der Waals surface area contributed by atoms with Gasteiger partial charge in [0.25, 0.3) is 0 Å². The van der Waals surface area contributed by atoms with E-state index in [1.165, 1.54) is 12.5 Å². The molecular weight excluding hydrogens is 1020 g/mol. The number of aliphatic hydroxyl groups excluding tert-OH is 13. The molecule has 23 nitrogen and oxygen atoms in total. The third-order valence-corrected chi connectivity index (χ3v) is 21.7. The molecule has 0 radical (unpaired) electrons. The fraction of sp³-hybridized carbons (Fsp3) is 0.944. The maximum Gasteiger partial charge on any atom is 0.335 e. The highest BCUT2D eigenvalue weighted by atomic mass is 16.8. The standard InChI is InChI=1S/C54H88O23/c1-22-31(58)34(61)39(66)45(70-22)76-42-36(63)33(60)26(20-56)72-47(42)77-43-38(65)37(64)41(44(68)69)75-48(43)73-29-12-13-51(5)27(52(29,6)21-57)11-14-54(8)28(51)10-9-23-24-17-49(2,3)30(18-50(24,4)15-16-53(23,54)7)74-46-40(67)35(62)32(59)25(19-55)71-46/h9,22,24-43,45-48,55-67H,10-21H2,1-8H3,(H,68,69)/t22-,24-,25+,26+,27+,28+,29-,30-,31-,32+,33-,34+,35-,36-,37-,38-,39+,40+,41-,42+,43+,45-,46-,47-,48+,50-,51-,52+,53+,54+/m0/s1. The largest absolute Gasteiger partial charge is 0.479 e. The number of aliphatic carboxylic acids is 1. The van der Waals surface area contributed by atoms with Gasteiger partial charge >= 0.3 is 5.97 Å². The molecule has 4 saturated carbocycles. The Morgan fingerprint density at radius 2 is 1.12 bits per heavy atom. The first-order valence-electron chi connectivity index (χ1n) is 27.8. The van der Waals surface area contributed by atoms with Gasteiger partial charge in [0, 0.05) is 5.41 Å². The number of fused-ring (bicyclic) bond motifs is 7. The Kier molecular flexibility index (Phi) is 16.8. The van der Waals surface area contributed by atoms with E-state index in [9.17, 15) is 76.3 Å². The summed E-state index contributed by atoms with van der Waals surface area (Å²) in [7, 11) is 0. The minimum atomic E-state index is -2.10. The van der Waals surface area contributed by atoms with Crippen molar-refractivity contribution in [3.8, 4) is 0 Å². The Morgan fingerprint density at radius 1 is 0.571 bits per heavy atom. The van der Waals surface area contributed by atoms with Crippen molar-refractivity contribution in [3.05, 3.63) is 11.6 Å². The van der Waals surface area contributed by atoms with Crippen LogP contribution in [0.4, 0.5) is 0 Å². The van der Waals surface area contributed by atoms with Crippen LogP contribution in [0, 0.1) is 50.2 Å². The lowest BCUT2D eigenvalue weighted by atomic mass is 9.33. The molecule has 23 heteroatoms. The first kappa shape index (κ1) is 60.0. The van der Waals surface area contributed by atoms with E-state index in [0.29, 0.717) is 25.7 Å². The molecule has 9 aliphatic rings. The number of rotatable bonds is 12. The van der Waals surface area contributed by atoms with E-state index in [4.69, 9.17) is 37.9 Å². The molecule has 0 aromatic heterocycles. The first-order valence-corrected chi connectivity index (χ1v) is 27.8. The molecule has 8 fully saturated rings. The van der Waals surface area contributed by atoms with Gasteiger partial charge in [0.2, 0.25) is 0 Å². The van der Waals surface area contributed by atoms with Crippen LogP contribution in [0.1, 0.15) is 113 Å². The van der Waals surface area contributed by atoms with Crippen molar-refractivity contribution in [3.63, 3.8) is 0 Å². The van der Waals surface area contributed by atoms with Crippen LogP contribution < -0.4 is 0 Å². The quantitative estimate of drug-likeness (QED) is 0.0783. The Hall–Kier alpha value is -1.63. The average Bonchev–Trinajstić information content (AvgIpc) is 3.57. The molecular formula is C54H88O23. The normalized spacial score (nSPS) is 55.7. The van der Waals surface area contributed by atoms with E-state index < -0.39 is 159 Å². The average molecular weight is 1110 g/mol. The third kappa shape index (κ3) is 9.70. The van der Waals surface area contributed by atoms with Gasteiger partial charge in [-0.15, -0.1) is 0 Å². The summed E-state index contributed by atoms with van der Waals surface area (Å²) in [6.45, 7) is 15.4. The lowest BCUT2D eigenvalue weighted by Gasteiger charge is -2.72. The molecule has 0 spiro atoms. The number of carboxylic acid groups (broad SMARTS) is 1. The molecule has 5 aliphatic carbocycles. The number of aliphatic hydroxyl groups is 13. The molecule has 0 aromatic rings. The summed E-state index contributed by atoms with van der Waals surface area (Å²) in [5.41, 5.74) is -0.868. The Morgan fingerprint density at radius 3 is 1.73 bits per heavy atom. The molecule has 0 bridgehead atoms. The molecule has 4 aliphatic heterocycles.